The van der Waals surface area contributed by atoms with E-state index in [-0.39, 0.29) is 34.0 Å². The molecule has 0 aliphatic carbocycles. The lowest BCUT2D eigenvalue weighted by Crippen LogP contribution is -2.60. The largest absolute Gasteiger partial charge is 0.507 e. The number of hydrogen-bond acceptors (Lipinski definition) is 11. The van der Waals surface area contributed by atoms with E-state index in [2.05, 4.69) is 0 Å². The average Bonchev–Trinajstić information content (AvgIpc) is 2.83. The van der Waals surface area contributed by atoms with Crippen LogP contribution in [0.25, 0.3) is 22.3 Å². The van der Waals surface area contributed by atoms with Gasteiger partial charge < -0.3 is 48.9 Å². The van der Waals surface area contributed by atoms with Gasteiger partial charge in [0.05, 0.1) is 20.8 Å². The lowest BCUT2D eigenvalue weighted by molar-refractivity contribution is -0.277. The normalized spacial score (nSPS) is 24.7. The quantitative estimate of drug-likeness (QED) is 0.333. The fraction of sp³-hybridized carbons (Fsp3) is 0.348. The molecule has 5 unspecified atom stereocenters. The van der Waals surface area contributed by atoms with Crippen molar-refractivity contribution in [1.82, 2.24) is 0 Å². The lowest BCUT2D eigenvalue weighted by Gasteiger charge is -2.39. The molecule has 1 aromatic heterocycles. The Morgan fingerprint density at radius 3 is 2.38 bits per heavy atom. The molecule has 4 rings (SSSR count). The molecule has 2 heterocycles. The van der Waals surface area contributed by atoms with Crippen LogP contribution in [0.4, 0.5) is 0 Å². The van der Waals surface area contributed by atoms with Crippen LogP contribution < -0.4 is 19.6 Å². The molecule has 0 saturated carbocycles. The summed E-state index contributed by atoms with van der Waals surface area (Å²) in [7, 11) is 2.80. The predicted octanol–water partition coefficient (Wildman–Crippen LogP) is 0.361. The van der Waals surface area contributed by atoms with Crippen LogP contribution in [0.15, 0.2) is 45.6 Å². The number of ether oxygens (including phenoxy) is 4. The summed E-state index contributed by atoms with van der Waals surface area (Å²) in [5, 5.41) is 49.8. The van der Waals surface area contributed by atoms with Gasteiger partial charge in [-0.05, 0) is 18.2 Å². The van der Waals surface area contributed by atoms with Crippen molar-refractivity contribution in [2.45, 2.75) is 30.7 Å². The number of fused-ring (bicyclic) bond motifs is 1. The molecule has 1 aliphatic rings. The van der Waals surface area contributed by atoms with Crippen LogP contribution in [-0.2, 0) is 4.74 Å². The summed E-state index contributed by atoms with van der Waals surface area (Å²) < 4.78 is 27.3. The third-order valence-corrected chi connectivity index (χ3v) is 5.56. The number of aliphatic hydroxyl groups excluding tert-OH is 4. The predicted molar refractivity (Wildman–Crippen MR) is 117 cm³/mol. The zero-order chi connectivity index (χ0) is 24.6. The molecular weight excluding hydrogens is 452 g/mol. The Morgan fingerprint density at radius 1 is 0.941 bits per heavy atom. The van der Waals surface area contributed by atoms with E-state index in [1.54, 1.807) is 6.07 Å². The first-order valence-electron chi connectivity index (χ1n) is 10.3. The molecule has 1 saturated heterocycles. The molecule has 0 spiro atoms. The summed E-state index contributed by atoms with van der Waals surface area (Å²) in [6.07, 6.45) is -7.37. The van der Waals surface area contributed by atoms with Crippen LogP contribution in [0.2, 0.25) is 0 Å². The zero-order valence-corrected chi connectivity index (χ0v) is 18.2. The van der Waals surface area contributed by atoms with Gasteiger partial charge >= 0.3 is 0 Å². The second-order valence-electron chi connectivity index (χ2n) is 7.68. The summed E-state index contributed by atoms with van der Waals surface area (Å²) in [5.74, 6) is 0.470. The Labute approximate surface area is 192 Å². The third-order valence-electron chi connectivity index (χ3n) is 5.56. The van der Waals surface area contributed by atoms with Crippen molar-refractivity contribution in [1.29, 1.82) is 0 Å². The Kier molecular flexibility index (Phi) is 6.64. The number of hydrogen-bond donors (Lipinski definition) is 5. The fourth-order valence-electron chi connectivity index (χ4n) is 3.72. The molecule has 0 amide bonds. The standard InChI is InChI=1S/C23H24O11/c1-30-11-6-12(25)19-13(26)8-15(32-17(19)7-11)10-3-4-14(31-2)16(5-10)33-23-22(29)21(28)20(27)18(9-24)34-23/h3-8,18,20-25,27-29H,9H2,1-2H3. The fourth-order valence-corrected chi connectivity index (χ4v) is 3.72. The summed E-state index contributed by atoms with van der Waals surface area (Å²) in [6, 6.07) is 8.57. The summed E-state index contributed by atoms with van der Waals surface area (Å²) in [6.45, 7) is -0.611. The van der Waals surface area contributed by atoms with Gasteiger partial charge in [-0.3, -0.25) is 4.79 Å². The molecule has 1 fully saturated rings. The van der Waals surface area contributed by atoms with Gasteiger partial charge in [0.2, 0.25) is 6.29 Å². The summed E-state index contributed by atoms with van der Waals surface area (Å²) in [5.41, 5.74) is 0.0110. The molecule has 2 aromatic carbocycles. The number of phenols is 1. The molecule has 5 atom stereocenters. The highest BCUT2D eigenvalue weighted by Crippen LogP contribution is 2.36. The molecule has 0 bridgehead atoms. The van der Waals surface area contributed by atoms with Gasteiger partial charge in [-0.2, -0.15) is 0 Å². The number of benzene rings is 2. The van der Waals surface area contributed by atoms with Crippen molar-refractivity contribution >= 4 is 11.0 Å². The molecule has 34 heavy (non-hydrogen) atoms. The molecule has 1 aliphatic heterocycles. The van der Waals surface area contributed by atoms with Gasteiger partial charge in [-0.15, -0.1) is 0 Å². The molecule has 3 aromatic rings. The highest BCUT2D eigenvalue weighted by Gasteiger charge is 2.45. The van der Waals surface area contributed by atoms with Crippen LogP contribution in [-0.4, -0.2) is 77.1 Å². The Morgan fingerprint density at radius 2 is 1.71 bits per heavy atom. The van der Waals surface area contributed by atoms with Crippen LogP contribution in [0.5, 0.6) is 23.0 Å². The molecule has 11 nitrogen and oxygen atoms in total. The van der Waals surface area contributed by atoms with Crippen molar-refractivity contribution in [3.63, 3.8) is 0 Å². The van der Waals surface area contributed by atoms with Gasteiger partial charge in [-0.1, -0.05) is 0 Å². The Balaban J connectivity index is 1.73. The molecule has 11 heteroatoms. The lowest BCUT2D eigenvalue weighted by atomic mass is 9.99. The van der Waals surface area contributed by atoms with E-state index in [0.29, 0.717) is 11.3 Å². The maximum absolute atomic E-state index is 12.7. The van der Waals surface area contributed by atoms with Crippen molar-refractivity contribution < 1.29 is 48.9 Å². The van der Waals surface area contributed by atoms with Gasteiger partial charge in [0.15, 0.2) is 16.9 Å². The monoisotopic (exact) mass is 476 g/mol. The number of phenolic OH excluding ortho intramolecular Hbond substituents is 1. The maximum atomic E-state index is 12.7. The smallest absolute Gasteiger partial charge is 0.229 e. The number of aliphatic hydroxyl groups is 4. The second-order valence-corrected chi connectivity index (χ2v) is 7.68. The molecule has 5 N–H and O–H groups in total. The van der Waals surface area contributed by atoms with Crippen molar-refractivity contribution in [2.75, 3.05) is 20.8 Å². The van der Waals surface area contributed by atoms with Crippen LogP contribution in [0.1, 0.15) is 0 Å². The first kappa shape index (κ1) is 23.8. The van der Waals surface area contributed by atoms with E-state index >= 15 is 0 Å². The highest BCUT2D eigenvalue weighted by molar-refractivity contribution is 5.86. The van der Waals surface area contributed by atoms with E-state index in [1.165, 1.54) is 44.6 Å². The number of rotatable bonds is 6. The number of aromatic hydroxyl groups is 1. The molecular formula is C23H24O11. The maximum Gasteiger partial charge on any atom is 0.229 e. The van der Waals surface area contributed by atoms with E-state index in [1.807, 2.05) is 0 Å². The van der Waals surface area contributed by atoms with Crippen molar-refractivity contribution in [2.24, 2.45) is 0 Å². The van der Waals surface area contributed by atoms with Gasteiger partial charge in [0, 0.05) is 23.8 Å². The van der Waals surface area contributed by atoms with Gasteiger partial charge in [0.25, 0.3) is 0 Å². The third kappa shape index (κ3) is 4.27. The van der Waals surface area contributed by atoms with E-state index in [4.69, 9.17) is 23.4 Å². The van der Waals surface area contributed by atoms with Crippen molar-refractivity contribution in [3.05, 3.63) is 46.6 Å². The SMILES string of the molecule is COc1cc(O)c2c(=O)cc(-c3ccc(OC)c(OC4OC(CO)C(O)C(O)C4O)c3)oc2c1. The van der Waals surface area contributed by atoms with Gasteiger partial charge in [-0.25, -0.2) is 0 Å². The van der Waals surface area contributed by atoms with Crippen LogP contribution in [0.3, 0.4) is 0 Å². The average molecular weight is 476 g/mol. The van der Waals surface area contributed by atoms with E-state index in [9.17, 15) is 30.3 Å². The Bertz CT molecular complexity index is 1240. The minimum Gasteiger partial charge on any atom is -0.507 e. The van der Waals surface area contributed by atoms with Crippen LogP contribution in [0, 0.1) is 0 Å². The Hall–Kier alpha value is -3.35. The first-order chi connectivity index (χ1) is 16.3. The van der Waals surface area contributed by atoms with Crippen molar-refractivity contribution in [3.8, 4) is 34.3 Å². The van der Waals surface area contributed by atoms with Crippen LogP contribution >= 0.6 is 0 Å². The second kappa shape index (κ2) is 9.49. The minimum absolute atomic E-state index is 0.00384. The summed E-state index contributed by atoms with van der Waals surface area (Å²) >= 11 is 0. The molecule has 0 radical (unpaired) electrons. The first-order valence-corrected chi connectivity index (χ1v) is 10.3. The molecule has 182 valence electrons. The van der Waals surface area contributed by atoms with E-state index < -0.39 is 42.7 Å². The van der Waals surface area contributed by atoms with Gasteiger partial charge in [0.1, 0.15) is 52.6 Å². The zero-order valence-electron chi connectivity index (χ0n) is 18.2. The van der Waals surface area contributed by atoms with E-state index in [0.717, 1.165) is 0 Å². The summed E-state index contributed by atoms with van der Waals surface area (Å²) in [4.78, 5) is 12.7. The topological polar surface area (TPSA) is 168 Å². The minimum atomic E-state index is -1.62. The highest BCUT2D eigenvalue weighted by atomic mass is 16.7. The number of methoxy groups -OCH3 is 2.